The number of nitrogens with zero attached hydrogens (tertiary/aromatic N) is 1. The van der Waals surface area contributed by atoms with E-state index in [0.717, 1.165) is 12.5 Å². The van der Waals surface area contributed by atoms with Crippen LogP contribution in [0, 0.1) is 11.3 Å². The lowest BCUT2D eigenvalue weighted by molar-refractivity contribution is -0.134. The molecular weight excluding hydrogens is 174 g/mol. The minimum Gasteiger partial charge on any atom is -0.339 e. The van der Waals surface area contributed by atoms with E-state index >= 15 is 0 Å². The van der Waals surface area contributed by atoms with E-state index in [4.69, 9.17) is 0 Å². The van der Waals surface area contributed by atoms with Crippen molar-refractivity contribution in [1.29, 1.82) is 0 Å². The lowest BCUT2D eigenvalue weighted by Gasteiger charge is -2.29. The molecule has 1 aliphatic heterocycles. The number of carbonyl (C=O) groups is 1. The van der Waals surface area contributed by atoms with Gasteiger partial charge in [-0.3, -0.25) is 4.79 Å². The number of hydrogen-bond donors (Lipinski definition) is 0. The summed E-state index contributed by atoms with van der Waals surface area (Å²) >= 11 is 0. The van der Waals surface area contributed by atoms with Gasteiger partial charge in [-0.05, 0) is 30.6 Å². The summed E-state index contributed by atoms with van der Waals surface area (Å²) in [5.41, 5.74) is 0.138. The van der Waals surface area contributed by atoms with Gasteiger partial charge >= 0.3 is 0 Å². The number of hydrogen-bond acceptors (Lipinski definition) is 1. The van der Waals surface area contributed by atoms with Gasteiger partial charge in [0.05, 0.1) is 0 Å². The van der Waals surface area contributed by atoms with Crippen LogP contribution in [0.5, 0.6) is 0 Å². The van der Waals surface area contributed by atoms with Gasteiger partial charge in [0.2, 0.25) is 5.91 Å². The molecule has 1 amide bonds. The monoisotopic (exact) mass is 195 g/mol. The molecule has 0 N–H and O–H groups in total. The van der Waals surface area contributed by atoms with E-state index in [-0.39, 0.29) is 5.41 Å². The minimum atomic E-state index is 0.138. The van der Waals surface area contributed by atoms with Crippen LogP contribution in [0.3, 0.4) is 0 Å². The Kier molecular flexibility index (Phi) is 2.32. The number of amides is 1. The third kappa shape index (κ3) is 1.94. The molecule has 1 aliphatic carbocycles. The summed E-state index contributed by atoms with van der Waals surface area (Å²) in [6.07, 6.45) is 4.58. The standard InChI is InChI=1S/C12H21NO/c1-12(2,3)7-11(14)13-8-9-4-5-10(13)6-9/h9-10H,4-8H2,1-3H3. The number of likely N-dealkylation sites (tertiary alicyclic amines) is 1. The second-order valence-corrected chi connectivity index (χ2v) is 6.12. The molecule has 2 atom stereocenters. The van der Waals surface area contributed by atoms with Crippen molar-refractivity contribution in [3.8, 4) is 0 Å². The molecule has 0 aromatic heterocycles. The average Bonchev–Trinajstić information content (AvgIpc) is 2.59. The van der Waals surface area contributed by atoms with Crippen molar-refractivity contribution >= 4 is 5.91 Å². The Morgan fingerprint density at radius 3 is 2.50 bits per heavy atom. The van der Waals surface area contributed by atoms with Crippen LogP contribution in [-0.2, 0) is 4.79 Å². The van der Waals surface area contributed by atoms with Crippen LogP contribution >= 0.6 is 0 Å². The van der Waals surface area contributed by atoms with Gasteiger partial charge in [0.1, 0.15) is 0 Å². The third-order valence-electron chi connectivity index (χ3n) is 3.41. The normalized spacial score (nSPS) is 31.2. The second kappa shape index (κ2) is 3.25. The van der Waals surface area contributed by atoms with E-state index in [1.54, 1.807) is 0 Å². The fourth-order valence-electron chi connectivity index (χ4n) is 2.79. The number of fused-ring (bicyclic) bond motifs is 2. The Labute approximate surface area is 86.7 Å². The highest BCUT2D eigenvalue weighted by molar-refractivity contribution is 5.77. The van der Waals surface area contributed by atoms with Gasteiger partial charge in [0, 0.05) is 19.0 Å². The zero-order valence-corrected chi connectivity index (χ0v) is 9.55. The second-order valence-electron chi connectivity index (χ2n) is 6.12. The van der Waals surface area contributed by atoms with Crippen LogP contribution in [0.2, 0.25) is 0 Å². The number of rotatable bonds is 1. The Hall–Kier alpha value is -0.530. The highest BCUT2D eigenvalue weighted by atomic mass is 16.2. The highest BCUT2D eigenvalue weighted by Gasteiger charge is 2.40. The zero-order valence-electron chi connectivity index (χ0n) is 9.55. The summed E-state index contributed by atoms with van der Waals surface area (Å²) in [7, 11) is 0. The summed E-state index contributed by atoms with van der Waals surface area (Å²) in [5.74, 6) is 1.20. The molecule has 0 spiro atoms. The maximum atomic E-state index is 12.0. The molecule has 80 valence electrons. The van der Waals surface area contributed by atoms with Crippen molar-refractivity contribution in [1.82, 2.24) is 4.90 Å². The zero-order chi connectivity index (χ0) is 10.3. The number of piperidine rings is 1. The summed E-state index contributed by atoms with van der Waals surface area (Å²) in [6.45, 7) is 7.46. The minimum absolute atomic E-state index is 0.138. The Balaban J connectivity index is 1.93. The molecule has 2 aliphatic rings. The predicted molar refractivity (Wildman–Crippen MR) is 56.9 cm³/mol. The van der Waals surface area contributed by atoms with E-state index in [0.29, 0.717) is 18.4 Å². The molecule has 1 saturated heterocycles. The Morgan fingerprint density at radius 2 is 2.07 bits per heavy atom. The molecule has 0 radical (unpaired) electrons. The molecule has 2 rings (SSSR count). The van der Waals surface area contributed by atoms with Crippen LogP contribution in [0.25, 0.3) is 0 Å². The molecule has 0 aromatic carbocycles. The van der Waals surface area contributed by atoms with E-state index in [9.17, 15) is 4.79 Å². The quantitative estimate of drug-likeness (QED) is 0.629. The van der Waals surface area contributed by atoms with Crippen molar-refractivity contribution in [3.63, 3.8) is 0 Å². The van der Waals surface area contributed by atoms with Crippen molar-refractivity contribution in [2.45, 2.75) is 52.5 Å². The first kappa shape index (κ1) is 10.0. The first-order valence-electron chi connectivity index (χ1n) is 5.75. The molecular formula is C12H21NO. The number of carbonyl (C=O) groups excluding carboxylic acids is 1. The third-order valence-corrected chi connectivity index (χ3v) is 3.41. The molecule has 0 aromatic rings. The summed E-state index contributed by atoms with van der Waals surface area (Å²) in [4.78, 5) is 14.1. The molecule has 14 heavy (non-hydrogen) atoms. The molecule has 2 fully saturated rings. The van der Waals surface area contributed by atoms with Crippen molar-refractivity contribution in [2.24, 2.45) is 11.3 Å². The fourth-order valence-corrected chi connectivity index (χ4v) is 2.79. The van der Waals surface area contributed by atoms with Crippen LogP contribution < -0.4 is 0 Å². The summed E-state index contributed by atoms with van der Waals surface area (Å²) in [5, 5.41) is 0. The molecule has 2 heteroatoms. The summed E-state index contributed by atoms with van der Waals surface area (Å²) in [6, 6.07) is 0.592. The van der Waals surface area contributed by atoms with Gasteiger partial charge in [0.15, 0.2) is 0 Å². The maximum Gasteiger partial charge on any atom is 0.223 e. The van der Waals surface area contributed by atoms with Crippen LogP contribution in [-0.4, -0.2) is 23.4 Å². The van der Waals surface area contributed by atoms with Crippen LogP contribution in [0.4, 0.5) is 0 Å². The smallest absolute Gasteiger partial charge is 0.223 e. The van der Waals surface area contributed by atoms with Gasteiger partial charge in [0.25, 0.3) is 0 Å². The molecule has 2 bridgehead atoms. The predicted octanol–water partition coefficient (Wildman–Crippen LogP) is 2.43. The van der Waals surface area contributed by atoms with E-state index in [2.05, 4.69) is 25.7 Å². The Morgan fingerprint density at radius 1 is 1.36 bits per heavy atom. The lowest BCUT2D eigenvalue weighted by Crippen LogP contribution is -2.39. The van der Waals surface area contributed by atoms with Gasteiger partial charge in [-0.2, -0.15) is 0 Å². The highest BCUT2D eigenvalue weighted by Crippen LogP contribution is 2.38. The molecule has 1 saturated carbocycles. The maximum absolute atomic E-state index is 12.0. The van der Waals surface area contributed by atoms with Crippen LogP contribution in [0.1, 0.15) is 46.5 Å². The van der Waals surface area contributed by atoms with Gasteiger partial charge in [-0.1, -0.05) is 20.8 Å². The Bertz CT molecular complexity index is 241. The van der Waals surface area contributed by atoms with Gasteiger partial charge < -0.3 is 4.90 Å². The van der Waals surface area contributed by atoms with Crippen LogP contribution in [0.15, 0.2) is 0 Å². The van der Waals surface area contributed by atoms with E-state index in [1.807, 2.05) is 0 Å². The summed E-state index contributed by atoms with van der Waals surface area (Å²) < 4.78 is 0. The average molecular weight is 195 g/mol. The van der Waals surface area contributed by atoms with E-state index in [1.165, 1.54) is 19.3 Å². The molecule has 1 heterocycles. The molecule has 2 unspecified atom stereocenters. The van der Waals surface area contributed by atoms with Gasteiger partial charge in [-0.15, -0.1) is 0 Å². The van der Waals surface area contributed by atoms with Crippen molar-refractivity contribution < 1.29 is 4.79 Å². The van der Waals surface area contributed by atoms with Gasteiger partial charge in [-0.25, -0.2) is 0 Å². The first-order valence-corrected chi connectivity index (χ1v) is 5.75. The fraction of sp³-hybridized carbons (Fsp3) is 0.917. The topological polar surface area (TPSA) is 20.3 Å². The SMILES string of the molecule is CC(C)(C)CC(=O)N1CC2CCC1C2. The lowest BCUT2D eigenvalue weighted by atomic mass is 9.91. The largest absolute Gasteiger partial charge is 0.339 e. The van der Waals surface area contributed by atoms with Crippen molar-refractivity contribution in [3.05, 3.63) is 0 Å². The first-order chi connectivity index (χ1) is 6.46. The molecule has 2 nitrogen and oxygen atoms in total. The van der Waals surface area contributed by atoms with E-state index < -0.39 is 0 Å². The van der Waals surface area contributed by atoms with Crippen molar-refractivity contribution in [2.75, 3.05) is 6.54 Å².